The summed E-state index contributed by atoms with van der Waals surface area (Å²) in [5.74, 6) is 0.330. The van der Waals surface area contributed by atoms with Crippen LogP contribution < -0.4 is 0 Å². The van der Waals surface area contributed by atoms with Crippen molar-refractivity contribution < 1.29 is 9.59 Å². The average Bonchev–Trinajstić information content (AvgIpc) is 2.53. The third-order valence-corrected chi connectivity index (χ3v) is 4.97. The molecule has 0 aromatic heterocycles. The maximum atomic E-state index is 13.3. The Balaban J connectivity index is 1.76. The van der Waals surface area contributed by atoms with E-state index in [2.05, 4.69) is 16.5 Å². The van der Waals surface area contributed by atoms with Crippen molar-refractivity contribution in [3.05, 3.63) is 36.1 Å². The molecule has 0 aliphatic carbocycles. The van der Waals surface area contributed by atoms with Crippen molar-refractivity contribution in [1.82, 2.24) is 14.7 Å². The summed E-state index contributed by atoms with van der Waals surface area (Å²) >= 11 is 0. The highest BCUT2D eigenvalue weighted by Gasteiger charge is 2.47. The van der Waals surface area contributed by atoms with E-state index in [-0.39, 0.29) is 18.2 Å². The van der Waals surface area contributed by atoms with Crippen molar-refractivity contribution in [2.75, 3.05) is 32.7 Å². The second kappa shape index (κ2) is 6.59. The molecule has 2 amide bonds. The molecule has 0 aromatic rings. The molecule has 0 radical (unpaired) electrons. The summed E-state index contributed by atoms with van der Waals surface area (Å²) in [6.07, 6.45) is 5.78. The molecule has 3 aliphatic rings. The molecular weight excluding hydrogens is 316 g/mol. The van der Waals surface area contributed by atoms with Crippen LogP contribution in [0.2, 0.25) is 0 Å². The number of hydrogen-bond donors (Lipinski definition) is 0. The summed E-state index contributed by atoms with van der Waals surface area (Å²) in [5.41, 5.74) is 1.25. The lowest BCUT2D eigenvalue weighted by molar-refractivity contribution is -0.145. The minimum absolute atomic E-state index is 0.000767. The van der Waals surface area contributed by atoms with Gasteiger partial charge in [0.05, 0.1) is 6.42 Å². The summed E-state index contributed by atoms with van der Waals surface area (Å²) in [6.45, 7) is 13.7. The lowest BCUT2D eigenvalue weighted by Crippen LogP contribution is -2.63. The van der Waals surface area contributed by atoms with E-state index in [0.29, 0.717) is 18.9 Å². The summed E-state index contributed by atoms with van der Waals surface area (Å²) in [4.78, 5) is 35.6. The molecule has 3 aliphatic heterocycles. The first-order valence-corrected chi connectivity index (χ1v) is 8.73. The largest absolute Gasteiger partial charge is 0.338 e. The zero-order chi connectivity index (χ0) is 18.2. The second-order valence-corrected chi connectivity index (χ2v) is 7.41. The monoisotopic (exact) mass is 342 g/mol. The Morgan fingerprint density at radius 2 is 2.00 bits per heavy atom. The Hall–Kier alpha value is -2.21. The normalized spacial score (nSPS) is 26.9. The van der Waals surface area contributed by atoms with E-state index in [1.165, 1.54) is 0 Å². The quantitative estimate of drug-likeness (QED) is 0.731. The van der Waals surface area contributed by atoms with Crippen LogP contribution in [0.4, 0.5) is 0 Å². The van der Waals surface area contributed by atoms with Crippen LogP contribution in [0.1, 0.15) is 27.2 Å². The Morgan fingerprint density at radius 3 is 2.64 bits per heavy atom. The number of carbonyl (C=O) groups excluding carboxylic acids is 2. The van der Waals surface area contributed by atoms with Crippen molar-refractivity contribution in [1.29, 1.82) is 0 Å². The maximum Gasteiger partial charge on any atom is 0.250 e. The lowest BCUT2D eigenvalue weighted by atomic mass is 9.89. The summed E-state index contributed by atoms with van der Waals surface area (Å²) in [6, 6.07) is 0. The van der Waals surface area contributed by atoms with Gasteiger partial charge in [-0.25, -0.2) is 0 Å². The summed E-state index contributed by atoms with van der Waals surface area (Å²) in [5, 5.41) is 0. The first kappa shape index (κ1) is 17.6. The topological polar surface area (TPSA) is 56.2 Å². The van der Waals surface area contributed by atoms with E-state index < -0.39 is 5.54 Å². The van der Waals surface area contributed by atoms with E-state index >= 15 is 0 Å². The van der Waals surface area contributed by atoms with Gasteiger partial charge in [-0.3, -0.25) is 14.5 Å². The SMILES string of the molecule is C=C(C)CN1CCN(C(=O)[C@]2(C)CC(=O)N=C3C=C(C)C=CN32)CC1. The molecule has 3 rings (SSSR count). The molecule has 1 saturated heterocycles. The van der Waals surface area contributed by atoms with E-state index in [1.54, 1.807) is 0 Å². The van der Waals surface area contributed by atoms with E-state index in [4.69, 9.17) is 0 Å². The molecule has 0 aromatic carbocycles. The molecule has 6 nitrogen and oxygen atoms in total. The van der Waals surface area contributed by atoms with Gasteiger partial charge in [-0.15, -0.1) is 0 Å². The van der Waals surface area contributed by atoms with Gasteiger partial charge in [-0.2, -0.15) is 4.99 Å². The van der Waals surface area contributed by atoms with Gasteiger partial charge >= 0.3 is 0 Å². The molecule has 134 valence electrons. The van der Waals surface area contributed by atoms with Crippen molar-refractivity contribution in [2.45, 2.75) is 32.7 Å². The van der Waals surface area contributed by atoms with Gasteiger partial charge in [-0.05, 0) is 38.5 Å². The van der Waals surface area contributed by atoms with Crippen LogP contribution >= 0.6 is 0 Å². The molecule has 6 heteroatoms. The predicted octanol–water partition coefficient (Wildman–Crippen LogP) is 1.57. The number of fused-ring (bicyclic) bond motifs is 1. The second-order valence-electron chi connectivity index (χ2n) is 7.41. The Morgan fingerprint density at radius 1 is 1.32 bits per heavy atom. The minimum Gasteiger partial charge on any atom is -0.338 e. The van der Waals surface area contributed by atoms with Crippen LogP contribution in [-0.2, 0) is 9.59 Å². The Kier molecular flexibility index (Phi) is 4.64. The van der Waals surface area contributed by atoms with Gasteiger partial charge in [0, 0.05) is 38.9 Å². The van der Waals surface area contributed by atoms with Crippen molar-refractivity contribution >= 4 is 17.6 Å². The highest BCUT2D eigenvalue weighted by Crippen LogP contribution is 2.31. The number of allylic oxidation sites excluding steroid dienone is 2. The number of amidine groups is 1. The number of hydrogen-bond acceptors (Lipinski definition) is 4. The predicted molar refractivity (Wildman–Crippen MR) is 98.0 cm³/mol. The van der Waals surface area contributed by atoms with Gasteiger partial charge < -0.3 is 9.80 Å². The van der Waals surface area contributed by atoms with Gasteiger partial charge in [0.1, 0.15) is 11.4 Å². The van der Waals surface area contributed by atoms with Gasteiger partial charge in [-0.1, -0.05) is 12.2 Å². The van der Waals surface area contributed by atoms with Gasteiger partial charge in [0.15, 0.2) is 0 Å². The van der Waals surface area contributed by atoms with Gasteiger partial charge in [0.2, 0.25) is 5.91 Å². The number of nitrogens with zero attached hydrogens (tertiary/aromatic N) is 4. The highest BCUT2D eigenvalue weighted by molar-refractivity contribution is 6.09. The number of aliphatic imine (C=N–C) groups is 1. The van der Waals surface area contributed by atoms with Crippen LogP contribution in [0.15, 0.2) is 41.1 Å². The molecule has 0 unspecified atom stereocenters. The number of piperazine rings is 1. The molecule has 0 spiro atoms. The van der Waals surface area contributed by atoms with Crippen molar-refractivity contribution in [2.24, 2.45) is 4.99 Å². The van der Waals surface area contributed by atoms with Crippen LogP contribution in [-0.4, -0.2) is 70.6 Å². The molecular formula is C19H26N4O2. The maximum absolute atomic E-state index is 13.3. The highest BCUT2D eigenvalue weighted by atomic mass is 16.2. The van der Waals surface area contributed by atoms with Crippen LogP contribution in [0.3, 0.4) is 0 Å². The van der Waals surface area contributed by atoms with Crippen LogP contribution in [0, 0.1) is 0 Å². The lowest BCUT2D eigenvalue weighted by Gasteiger charge is -2.46. The third kappa shape index (κ3) is 3.44. The molecule has 0 bridgehead atoms. The molecule has 1 fully saturated rings. The average molecular weight is 342 g/mol. The first-order chi connectivity index (χ1) is 11.8. The molecule has 0 N–H and O–H groups in total. The summed E-state index contributed by atoms with van der Waals surface area (Å²) < 4.78 is 0. The van der Waals surface area contributed by atoms with Crippen LogP contribution in [0.25, 0.3) is 0 Å². The van der Waals surface area contributed by atoms with Crippen LogP contribution in [0.5, 0.6) is 0 Å². The fourth-order valence-electron chi connectivity index (χ4n) is 3.65. The number of rotatable bonds is 3. The number of carbonyl (C=O) groups is 2. The standard InChI is InChI=1S/C19H26N4O2/c1-14(2)13-21-7-9-22(10-8-21)18(25)19(4)12-17(24)20-16-11-15(3)5-6-23(16)19/h5-6,11H,1,7-10,12-13H2,2-4H3/t19-/m0/s1. The van der Waals surface area contributed by atoms with E-state index in [0.717, 1.165) is 30.8 Å². The fraction of sp³-hybridized carbons (Fsp3) is 0.526. The van der Waals surface area contributed by atoms with E-state index in [9.17, 15) is 9.59 Å². The zero-order valence-corrected chi connectivity index (χ0v) is 15.3. The first-order valence-electron chi connectivity index (χ1n) is 8.73. The van der Waals surface area contributed by atoms with Crippen molar-refractivity contribution in [3.8, 4) is 0 Å². The van der Waals surface area contributed by atoms with Gasteiger partial charge in [0.25, 0.3) is 5.91 Å². The fourth-order valence-corrected chi connectivity index (χ4v) is 3.65. The smallest absolute Gasteiger partial charge is 0.250 e. The molecule has 0 saturated carbocycles. The Labute approximate surface area is 149 Å². The Bertz CT molecular complexity index is 698. The summed E-state index contributed by atoms with van der Waals surface area (Å²) in [7, 11) is 0. The number of amides is 2. The van der Waals surface area contributed by atoms with E-state index in [1.807, 2.05) is 48.9 Å². The third-order valence-electron chi connectivity index (χ3n) is 4.97. The molecule has 1 atom stereocenters. The zero-order valence-electron chi connectivity index (χ0n) is 15.3. The molecule has 25 heavy (non-hydrogen) atoms. The minimum atomic E-state index is -0.904. The molecule has 3 heterocycles. The van der Waals surface area contributed by atoms with Crippen molar-refractivity contribution in [3.63, 3.8) is 0 Å².